The summed E-state index contributed by atoms with van der Waals surface area (Å²) in [4.78, 5) is 14.7. The largest absolute Gasteiger partial charge is 0.416 e. The lowest BCUT2D eigenvalue weighted by molar-refractivity contribution is -0.137. The smallest absolute Gasteiger partial charge is 0.338 e. The molecule has 1 fully saturated rings. The summed E-state index contributed by atoms with van der Waals surface area (Å²) in [6.07, 6.45) is -2.75. The van der Waals surface area contributed by atoms with Crippen LogP contribution < -0.4 is 0 Å². The highest BCUT2D eigenvalue weighted by molar-refractivity contribution is 5.83. The van der Waals surface area contributed by atoms with E-state index in [9.17, 15) is 18.0 Å². The second-order valence-electron chi connectivity index (χ2n) is 6.81. The Morgan fingerprint density at radius 3 is 2.31 bits per heavy atom. The third kappa shape index (κ3) is 4.26. The fourth-order valence-electron chi connectivity index (χ4n) is 3.33. The van der Waals surface area contributed by atoms with Crippen LogP contribution >= 0.6 is 0 Å². The Labute approximate surface area is 151 Å². The number of nitrogens with zero attached hydrogens (tertiary/aromatic N) is 1. The first-order valence-corrected chi connectivity index (χ1v) is 8.90. The molecule has 2 nitrogen and oxygen atoms in total. The molecule has 1 aliphatic rings. The highest BCUT2D eigenvalue weighted by Crippen LogP contribution is 2.49. The van der Waals surface area contributed by atoms with Crippen LogP contribution in [-0.4, -0.2) is 17.4 Å². The normalized spacial score (nSPS) is 19.2. The topological polar surface area (TPSA) is 20.3 Å². The van der Waals surface area contributed by atoms with Crippen LogP contribution in [0.2, 0.25) is 0 Å². The Hall–Kier alpha value is -2.30. The molecule has 0 spiro atoms. The molecule has 0 bridgehead atoms. The van der Waals surface area contributed by atoms with Crippen LogP contribution in [0.1, 0.15) is 42.4 Å². The number of carbonyl (C=O) groups is 1. The molecule has 3 rings (SSSR count). The maximum atomic E-state index is 12.9. The molecular formula is C21H22F3NO. The Bertz CT molecular complexity index is 740. The number of alkyl halides is 3. The van der Waals surface area contributed by atoms with Crippen molar-refractivity contribution in [3.05, 3.63) is 71.3 Å². The van der Waals surface area contributed by atoms with E-state index in [0.717, 1.165) is 29.7 Å². The molecule has 5 heteroatoms. The number of hydrogen-bond acceptors (Lipinski definition) is 1. The molecule has 138 valence electrons. The fourth-order valence-corrected chi connectivity index (χ4v) is 3.33. The van der Waals surface area contributed by atoms with E-state index < -0.39 is 11.7 Å². The van der Waals surface area contributed by atoms with Gasteiger partial charge in [0.25, 0.3) is 0 Å². The number of halogens is 3. The van der Waals surface area contributed by atoms with E-state index in [-0.39, 0.29) is 17.7 Å². The van der Waals surface area contributed by atoms with E-state index in [1.807, 2.05) is 42.2 Å². The van der Waals surface area contributed by atoms with Crippen LogP contribution in [0, 0.1) is 5.92 Å². The standard InChI is InChI=1S/C21H22F3NO/c1-2-12-25(14-15-6-4-3-5-7-15)20(26)19-13-18(19)16-8-10-17(11-9-16)21(22,23)24/h3-11,18-19H,2,12-14H2,1H3. The van der Waals surface area contributed by atoms with Gasteiger partial charge in [-0.05, 0) is 42.0 Å². The summed E-state index contributed by atoms with van der Waals surface area (Å²) < 4.78 is 38.0. The van der Waals surface area contributed by atoms with Crippen molar-refractivity contribution in [1.82, 2.24) is 4.90 Å². The van der Waals surface area contributed by atoms with Crippen molar-refractivity contribution in [2.24, 2.45) is 5.92 Å². The minimum atomic E-state index is -4.33. The Morgan fingerprint density at radius 2 is 1.73 bits per heavy atom. The zero-order valence-corrected chi connectivity index (χ0v) is 14.7. The zero-order chi connectivity index (χ0) is 18.7. The van der Waals surface area contributed by atoms with Crippen molar-refractivity contribution in [2.45, 2.75) is 38.4 Å². The maximum Gasteiger partial charge on any atom is 0.416 e. The van der Waals surface area contributed by atoms with Gasteiger partial charge < -0.3 is 4.90 Å². The lowest BCUT2D eigenvalue weighted by Crippen LogP contribution is -2.32. The molecule has 0 aromatic heterocycles. The summed E-state index contributed by atoms with van der Waals surface area (Å²) >= 11 is 0. The molecule has 1 amide bonds. The summed E-state index contributed by atoms with van der Waals surface area (Å²) in [5.41, 5.74) is 1.25. The van der Waals surface area contributed by atoms with Gasteiger partial charge in [-0.1, -0.05) is 49.4 Å². The summed E-state index contributed by atoms with van der Waals surface area (Å²) in [5.74, 6) is 0.00233. The van der Waals surface area contributed by atoms with Gasteiger partial charge in [-0.3, -0.25) is 4.79 Å². The highest BCUT2D eigenvalue weighted by atomic mass is 19.4. The van der Waals surface area contributed by atoms with Crippen molar-refractivity contribution < 1.29 is 18.0 Å². The molecular weight excluding hydrogens is 339 g/mol. The van der Waals surface area contributed by atoms with Gasteiger partial charge in [0.15, 0.2) is 0 Å². The lowest BCUT2D eigenvalue weighted by Gasteiger charge is -2.22. The van der Waals surface area contributed by atoms with Crippen LogP contribution in [0.3, 0.4) is 0 Å². The minimum Gasteiger partial charge on any atom is -0.338 e. The number of rotatable bonds is 6. The van der Waals surface area contributed by atoms with Crippen molar-refractivity contribution in [1.29, 1.82) is 0 Å². The van der Waals surface area contributed by atoms with Crippen LogP contribution in [-0.2, 0) is 17.5 Å². The predicted octanol–water partition coefficient (Wildman–Crippen LogP) is 5.25. The average Bonchev–Trinajstić information content (AvgIpc) is 3.42. The molecule has 0 radical (unpaired) electrons. The summed E-state index contributed by atoms with van der Waals surface area (Å²) in [5, 5.41) is 0. The second-order valence-corrected chi connectivity index (χ2v) is 6.81. The summed E-state index contributed by atoms with van der Waals surface area (Å²) in [7, 11) is 0. The number of benzene rings is 2. The quantitative estimate of drug-likeness (QED) is 0.688. The van der Waals surface area contributed by atoms with Crippen molar-refractivity contribution in [3.8, 4) is 0 Å². The van der Waals surface area contributed by atoms with Gasteiger partial charge in [0.2, 0.25) is 5.91 Å². The third-order valence-electron chi connectivity index (χ3n) is 4.80. The summed E-state index contributed by atoms with van der Waals surface area (Å²) in [6, 6.07) is 15.0. The zero-order valence-electron chi connectivity index (χ0n) is 14.7. The first kappa shape index (κ1) is 18.5. The molecule has 0 aliphatic heterocycles. The van der Waals surface area contributed by atoms with Crippen LogP contribution in [0.5, 0.6) is 0 Å². The van der Waals surface area contributed by atoms with E-state index in [1.165, 1.54) is 12.1 Å². The molecule has 1 aliphatic carbocycles. The Morgan fingerprint density at radius 1 is 1.08 bits per heavy atom. The monoisotopic (exact) mass is 361 g/mol. The number of hydrogen-bond donors (Lipinski definition) is 0. The minimum absolute atomic E-state index is 0.0277. The van der Waals surface area contributed by atoms with Crippen LogP contribution in [0.15, 0.2) is 54.6 Å². The molecule has 2 unspecified atom stereocenters. The van der Waals surface area contributed by atoms with E-state index >= 15 is 0 Å². The third-order valence-corrected chi connectivity index (χ3v) is 4.80. The molecule has 1 saturated carbocycles. The first-order chi connectivity index (χ1) is 12.4. The average molecular weight is 361 g/mol. The molecule has 0 saturated heterocycles. The molecule has 2 aromatic carbocycles. The number of carbonyl (C=O) groups excluding carboxylic acids is 1. The second kappa shape index (κ2) is 7.52. The van der Waals surface area contributed by atoms with Gasteiger partial charge in [-0.25, -0.2) is 0 Å². The molecule has 0 N–H and O–H groups in total. The number of amides is 1. The Balaban J connectivity index is 1.66. The summed E-state index contributed by atoms with van der Waals surface area (Å²) in [6.45, 7) is 3.29. The lowest BCUT2D eigenvalue weighted by atomic mass is 10.1. The molecule has 2 atom stereocenters. The molecule has 26 heavy (non-hydrogen) atoms. The van der Waals surface area contributed by atoms with Crippen LogP contribution in [0.25, 0.3) is 0 Å². The van der Waals surface area contributed by atoms with Gasteiger partial charge in [-0.15, -0.1) is 0 Å². The van der Waals surface area contributed by atoms with Gasteiger partial charge in [-0.2, -0.15) is 13.2 Å². The molecule has 0 heterocycles. The van der Waals surface area contributed by atoms with Crippen molar-refractivity contribution >= 4 is 5.91 Å². The van der Waals surface area contributed by atoms with Crippen LogP contribution in [0.4, 0.5) is 13.2 Å². The van der Waals surface area contributed by atoms with Gasteiger partial charge in [0.05, 0.1) is 5.56 Å². The SMILES string of the molecule is CCCN(Cc1ccccc1)C(=O)C1CC1c1ccc(C(F)(F)F)cc1. The van der Waals surface area contributed by atoms with Crippen molar-refractivity contribution in [3.63, 3.8) is 0 Å². The van der Waals surface area contributed by atoms with E-state index in [1.54, 1.807) is 0 Å². The van der Waals surface area contributed by atoms with E-state index in [0.29, 0.717) is 19.5 Å². The highest BCUT2D eigenvalue weighted by Gasteiger charge is 2.45. The van der Waals surface area contributed by atoms with Gasteiger partial charge >= 0.3 is 6.18 Å². The van der Waals surface area contributed by atoms with E-state index in [4.69, 9.17) is 0 Å². The molecule has 2 aromatic rings. The first-order valence-electron chi connectivity index (χ1n) is 8.90. The van der Waals surface area contributed by atoms with Gasteiger partial charge in [0, 0.05) is 19.0 Å². The van der Waals surface area contributed by atoms with Gasteiger partial charge in [0.1, 0.15) is 0 Å². The van der Waals surface area contributed by atoms with Crippen molar-refractivity contribution in [2.75, 3.05) is 6.54 Å². The fraction of sp³-hybridized carbons (Fsp3) is 0.381. The predicted molar refractivity (Wildman–Crippen MR) is 94.4 cm³/mol. The maximum absolute atomic E-state index is 12.9. The Kier molecular flexibility index (Phi) is 5.35. The van der Waals surface area contributed by atoms with E-state index in [2.05, 4.69) is 0 Å².